The van der Waals surface area contributed by atoms with Crippen molar-refractivity contribution in [3.05, 3.63) is 0 Å². The molecule has 5 nitrogen and oxygen atoms in total. The molecule has 5 heteroatoms. The highest BCUT2D eigenvalue weighted by Crippen LogP contribution is 2.26. The minimum atomic E-state index is -0.232. The summed E-state index contributed by atoms with van der Waals surface area (Å²) >= 11 is 0. The van der Waals surface area contributed by atoms with Gasteiger partial charge < -0.3 is 9.64 Å². The van der Waals surface area contributed by atoms with Crippen LogP contribution in [0.4, 0.5) is 0 Å². The predicted molar refractivity (Wildman–Crippen MR) is 82.9 cm³/mol. The number of amides is 1. The van der Waals surface area contributed by atoms with Crippen LogP contribution < -0.4 is 0 Å². The summed E-state index contributed by atoms with van der Waals surface area (Å²) in [5.41, 5.74) is 0. The lowest BCUT2D eigenvalue weighted by Gasteiger charge is -2.34. The van der Waals surface area contributed by atoms with Gasteiger partial charge in [0.2, 0.25) is 5.91 Å². The van der Waals surface area contributed by atoms with Gasteiger partial charge in [0, 0.05) is 19.6 Å². The fourth-order valence-electron chi connectivity index (χ4n) is 2.98. The van der Waals surface area contributed by atoms with E-state index in [4.69, 9.17) is 4.74 Å². The summed E-state index contributed by atoms with van der Waals surface area (Å²) in [7, 11) is 5.16. The lowest BCUT2D eigenvalue weighted by atomic mass is 9.87. The molecule has 122 valence electrons. The average Bonchev–Trinajstić information content (AvgIpc) is 2.46. The summed E-state index contributed by atoms with van der Waals surface area (Å²) in [6.07, 6.45) is 4.62. The standard InChI is InChI=1S/C16H30N2O3/c1-12-6-8-14(9-7-12)18(4)15(19)11-17(3)10-13(2)16(20)21-5/h12-14H,6-11H2,1-5H3. The van der Waals surface area contributed by atoms with E-state index in [9.17, 15) is 9.59 Å². The Kier molecular flexibility index (Phi) is 7.15. The summed E-state index contributed by atoms with van der Waals surface area (Å²) in [5.74, 6) is 0.472. The van der Waals surface area contributed by atoms with Gasteiger partial charge in [-0.25, -0.2) is 0 Å². The number of hydrogen-bond acceptors (Lipinski definition) is 4. The number of carbonyl (C=O) groups is 2. The molecule has 1 amide bonds. The average molecular weight is 298 g/mol. The molecule has 0 aromatic heterocycles. The Balaban J connectivity index is 2.39. The van der Waals surface area contributed by atoms with E-state index in [0.717, 1.165) is 18.8 Å². The zero-order chi connectivity index (χ0) is 16.0. The quantitative estimate of drug-likeness (QED) is 0.701. The van der Waals surface area contributed by atoms with E-state index >= 15 is 0 Å². The Labute approximate surface area is 128 Å². The van der Waals surface area contributed by atoms with Crippen molar-refractivity contribution in [3.8, 4) is 0 Å². The highest BCUT2D eigenvalue weighted by atomic mass is 16.5. The molecule has 0 radical (unpaired) electrons. The van der Waals surface area contributed by atoms with Crippen LogP contribution in [0.3, 0.4) is 0 Å². The molecule has 0 aliphatic heterocycles. The third-order valence-electron chi connectivity index (χ3n) is 4.52. The smallest absolute Gasteiger partial charge is 0.309 e. The van der Waals surface area contributed by atoms with Gasteiger partial charge in [-0.1, -0.05) is 13.8 Å². The molecular weight excluding hydrogens is 268 g/mol. The van der Waals surface area contributed by atoms with Gasteiger partial charge in [-0.15, -0.1) is 0 Å². The van der Waals surface area contributed by atoms with E-state index in [1.54, 1.807) is 0 Å². The number of methoxy groups -OCH3 is 1. The minimum absolute atomic E-state index is 0.133. The van der Waals surface area contributed by atoms with Crippen molar-refractivity contribution in [1.29, 1.82) is 0 Å². The van der Waals surface area contributed by atoms with Crippen molar-refractivity contribution in [3.63, 3.8) is 0 Å². The van der Waals surface area contributed by atoms with E-state index in [0.29, 0.717) is 19.1 Å². The highest BCUT2D eigenvalue weighted by molar-refractivity contribution is 5.78. The molecule has 1 atom stereocenters. The highest BCUT2D eigenvalue weighted by Gasteiger charge is 2.25. The van der Waals surface area contributed by atoms with Crippen LogP contribution in [-0.2, 0) is 14.3 Å². The fraction of sp³-hybridized carbons (Fsp3) is 0.875. The van der Waals surface area contributed by atoms with E-state index < -0.39 is 0 Å². The molecule has 0 heterocycles. The maximum absolute atomic E-state index is 12.3. The maximum atomic E-state index is 12.3. The van der Waals surface area contributed by atoms with Crippen LogP contribution in [-0.4, -0.2) is 62.0 Å². The van der Waals surface area contributed by atoms with Crippen LogP contribution in [0.2, 0.25) is 0 Å². The zero-order valence-electron chi connectivity index (χ0n) is 14.1. The summed E-state index contributed by atoms with van der Waals surface area (Å²) in [6, 6.07) is 0.375. The molecule has 1 unspecified atom stereocenters. The van der Waals surface area contributed by atoms with Gasteiger partial charge in [-0.2, -0.15) is 0 Å². The number of likely N-dealkylation sites (N-methyl/N-ethyl adjacent to an activating group) is 2. The van der Waals surface area contributed by atoms with Gasteiger partial charge in [0.05, 0.1) is 19.6 Å². The van der Waals surface area contributed by atoms with Crippen LogP contribution in [0.5, 0.6) is 0 Å². The second kappa shape index (κ2) is 8.37. The molecule has 1 aliphatic carbocycles. The molecule has 1 rings (SSSR count). The topological polar surface area (TPSA) is 49.9 Å². The molecule has 0 aromatic carbocycles. The van der Waals surface area contributed by atoms with E-state index in [1.807, 2.05) is 30.8 Å². The van der Waals surface area contributed by atoms with E-state index in [-0.39, 0.29) is 17.8 Å². The molecule has 0 N–H and O–H groups in total. The van der Waals surface area contributed by atoms with Crippen molar-refractivity contribution in [2.45, 2.75) is 45.6 Å². The van der Waals surface area contributed by atoms with Gasteiger partial charge in [-0.05, 0) is 38.6 Å². The predicted octanol–water partition coefficient (Wildman–Crippen LogP) is 1.76. The Hall–Kier alpha value is -1.10. The number of ether oxygens (including phenoxy) is 1. The first-order chi connectivity index (χ1) is 9.85. The van der Waals surface area contributed by atoms with Crippen molar-refractivity contribution in [2.24, 2.45) is 11.8 Å². The monoisotopic (exact) mass is 298 g/mol. The molecule has 1 saturated carbocycles. The van der Waals surface area contributed by atoms with Crippen LogP contribution in [0.25, 0.3) is 0 Å². The van der Waals surface area contributed by atoms with E-state index in [1.165, 1.54) is 20.0 Å². The number of rotatable bonds is 6. The number of carbonyl (C=O) groups excluding carboxylic acids is 2. The lowest BCUT2D eigenvalue weighted by molar-refractivity contribution is -0.146. The Bertz CT molecular complexity index is 351. The lowest BCUT2D eigenvalue weighted by Crippen LogP contribution is -2.44. The first kappa shape index (κ1) is 18.0. The molecule has 21 heavy (non-hydrogen) atoms. The second-order valence-electron chi connectivity index (χ2n) is 6.54. The largest absolute Gasteiger partial charge is 0.469 e. The van der Waals surface area contributed by atoms with Crippen molar-refractivity contribution < 1.29 is 14.3 Å². The molecule has 0 saturated heterocycles. The summed E-state index contributed by atoms with van der Waals surface area (Å²) in [6.45, 7) is 4.98. The maximum Gasteiger partial charge on any atom is 0.309 e. The van der Waals surface area contributed by atoms with Crippen LogP contribution >= 0.6 is 0 Å². The van der Waals surface area contributed by atoms with Gasteiger partial charge in [-0.3, -0.25) is 14.5 Å². The van der Waals surface area contributed by atoms with Gasteiger partial charge in [0.15, 0.2) is 0 Å². The fourth-order valence-corrected chi connectivity index (χ4v) is 2.98. The number of nitrogens with zero attached hydrogens (tertiary/aromatic N) is 2. The molecule has 1 aliphatic rings. The Morgan fingerprint density at radius 3 is 2.29 bits per heavy atom. The second-order valence-corrected chi connectivity index (χ2v) is 6.54. The summed E-state index contributed by atoms with van der Waals surface area (Å²) in [4.78, 5) is 27.5. The zero-order valence-corrected chi connectivity index (χ0v) is 14.1. The minimum Gasteiger partial charge on any atom is -0.469 e. The Morgan fingerprint density at radius 2 is 1.76 bits per heavy atom. The molecule has 1 fully saturated rings. The molecular formula is C16H30N2O3. The van der Waals surface area contributed by atoms with Crippen LogP contribution in [0, 0.1) is 11.8 Å². The molecule has 0 spiro atoms. The normalized spacial score (nSPS) is 23.7. The van der Waals surface area contributed by atoms with Crippen molar-refractivity contribution in [2.75, 3.05) is 34.3 Å². The van der Waals surface area contributed by atoms with Crippen LogP contribution in [0.1, 0.15) is 39.5 Å². The first-order valence-corrected chi connectivity index (χ1v) is 7.87. The molecule has 0 bridgehead atoms. The third-order valence-corrected chi connectivity index (χ3v) is 4.52. The SMILES string of the molecule is COC(=O)C(C)CN(C)CC(=O)N(C)C1CCC(C)CC1. The summed E-state index contributed by atoms with van der Waals surface area (Å²) in [5, 5.41) is 0. The van der Waals surface area contributed by atoms with Crippen molar-refractivity contribution in [1.82, 2.24) is 9.80 Å². The van der Waals surface area contributed by atoms with Crippen LogP contribution in [0.15, 0.2) is 0 Å². The van der Waals surface area contributed by atoms with Gasteiger partial charge in [0.25, 0.3) is 0 Å². The van der Waals surface area contributed by atoms with Gasteiger partial charge >= 0.3 is 5.97 Å². The molecule has 0 aromatic rings. The number of esters is 1. The third kappa shape index (κ3) is 5.65. The van der Waals surface area contributed by atoms with Gasteiger partial charge in [0.1, 0.15) is 0 Å². The first-order valence-electron chi connectivity index (χ1n) is 7.87. The van der Waals surface area contributed by atoms with Crippen molar-refractivity contribution >= 4 is 11.9 Å². The summed E-state index contributed by atoms with van der Waals surface area (Å²) < 4.78 is 4.71. The Morgan fingerprint density at radius 1 is 1.19 bits per heavy atom. The number of hydrogen-bond donors (Lipinski definition) is 0. The van der Waals surface area contributed by atoms with E-state index in [2.05, 4.69) is 6.92 Å².